The minimum absolute atomic E-state index is 0.0424. The Morgan fingerprint density at radius 1 is 1.38 bits per heavy atom. The van der Waals surface area contributed by atoms with Gasteiger partial charge in [0.05, 0.1) is 11.7 Å². The number of alkyl halides is 4. The Kier molecular flexibility index (Phi) is 5.04. The van der Waals surface area contributed by atoms with Crippen LogP contribution >= 0.6 is 11.6 Å². The molecular weight excluding hydrogens is 303 g/mol. The summed E-state index contributed by atoms with van der Waals surface area (Å²) in [6.07, 6.45) is -3.44. The van der Waals surface area contributed by atoms with Crippen molar-refractivity contribution in [2.75, 3.05) is 25.1 Å². The van der Waals surface area contributed by atoms with E-state index < -0.39 is 11.7 Å². The Hall–Kier alpha value is -0.940. The van der Waals surface area contributed by atoms with E-state index >= 15 is 0 Å². The molecule has 0 bridgehead atoms. The lowest BCUT2D eigenvalue weighted by Crippen LogP contribution is -2.44. The molecule has 1 aliphatic heterocycles. The Morgan fingerprint density at radius 2 is 2.10 bits per heavy atom. The number of rotatable bonds is 3. The van der Waals surface area contributed by atoms with E-state index in [1.165, 1.54) is 12.1 Å². The van der Waals surface area contributed by atoms with Crippen LogP contribution in [0.1, 0.15) is 24.5 Å². The Bertz CT molecular complexity index is 492. The van der Waals surface area contributed by atoms with Crippen LogP contribution in [-0.2, 0) is 16.8 Å². The van der Waals surface area contributed by atoms with Crippen LogP contribution in [0, 0.1) is 5.92 Å². The van der Waals surface area contributed by atoms with Crippen molar-refractivity contribution in [3.8, 4) is 0 Å². The first kappa shape index (κ1) is 16.4. The fraction of sp³-hybridized carbons (Fsp3) is 0.600. The number of methoxy groups -OCH3 is 1. The highest BCUT2D eigenvalue weighted by atomic mass is 35.5. The predicted molar refractivity (Wildman–Crippen MR) is 77.8 cm³/mol. The number of nitrogens with zero attached hydrogens (tertiary/aromatic N) is 1. The maximum absolute atomic E-state index is 13.1. The molecule has 0 amide bonds. The molecule has 0 saturated carbocycles. The molecular formula is C15H19ClF3NO. The van der Waals surface area contributed by atoms with Crippen molar-refractivity contribution in [2.24, 2.45) is 5.92 Å². The van der Waals surface area contributed by atoms with E-state index in [0.717, 1.165) is 13.0 Å². The summed E-state index contributed by atoms with van der Waals surface area (Å²) in [6, 6.07) is 4.36. The van der Waals surface area contributed by atoms with Gasteiger partial charge < -0.3 is 9.64 Å². The maximum Gasteiger partial charge on any atom is 0.416 e. The van der Waals surface area contributed by atoms with E-state index in [-0.39, 0.29) is 17.5 Å². The molecule has 0 aliphatic carbocycles. The average Bonchev–Trinajstić information content (AvgIpc) is 2.46. The average molecular weight is 322 g/mol. The number of benzene rings is 1. The van der Waals surface area contributed by atoms with Gasteiger partial charge in [-0.3, -0.25) is 0 Å². The van der Waals surface area contributed by atoms with Crippen LogP contribution in [0.25, 0.3) is 0 Å². The summed E-state index contributed by atoms with van der Waals surface area (Å²) in [4.78, 5) is 1.95. The van der Waals surface area contributed by atoms with Crippen LogP contribution in [0.3, 0.4) is 0 Å². The first-order valence-corrected chi connectivity index (χ1v) is 7.44. The molecule has 2 unspecified atom stereocenters. The zero-order valence-corrected chi connectivity index (χ0v) is 12.8. The van der Waals surface area contributed by atoms with Gasteiger partial charge in [0.1, 0.15) is 0 Å². The number of hydrogen-bond donors (Lipinski definition) is 0. The van der Waals surface area contributed by atoms with E-state index in [2.05, 4.69) is 6.92 Å². The normalized spacial score (nSPS) is 23.4. The van der Waals surface area contributed by atoms with Gasteiger partial charge in [-0.15, -0.1) is 11.6 Å². The minimum Gasteiger partial charge on any atom is -0.379 e. The third-order valence-electron chi connectivity index (χ3n) is 4.10. The molecule has 6 heteroatoms. The topological polar surface area (TPSA) is 12.5 Å². The van der Waals surface area contributed by atoms with Gasteiger partial charge in [-0.2, -0.15) is 13.2 Å². The Labute approximate surface area is 127 Å². The highest BCUT2D eigenvalue weighted by Crippen LogP contribution is 2.36. The lowest BCUT2D eigenvalue weighted by atomic mass is 9.95. The SMILES string of the molecule is COC1CN(c2ccc(CCl)c(C(F)(F)F)c2)CCC1C. The molecule has 0 radical (unpaired) electrons. The highest BCUT2D eigenvalue weighted by molar-refractivity contribution is 6.17. The smallest absolute Gasteiger partial charge is 0.379 e. The van der Waals surface area contributed by atoms with Crippen molar-refractivity contribution >= 4 is 17.3 Å². The standard InChI is InChI=1S/C15H19ClF3NO/c1-10-5-6-20(9-14(10)21-2)12-4-3-11(8-16)13(7-12)15(17,18)19/h3-4,7,10,14H,5-6,8-9H2,1-2H3. The fourth-order valence-electron chi connectivity index (χ4n) is 2.72. The summed E-state index contributed by atoms with van der Waals surface area (Å²) in [5, 5.41) is 0. The third kappa shape index (κ3) is 3.64. The molecule has 2 rings (SSSR count). The molecule has 21 heavy (non-hydrogen) atoms. The number of anilines is 1. The Balaban J connectivity index is 2.28. The number of ether oxygens (including phenoxy) is 1. The molecule has 0 N–H and O–H groups in total. The number of piperidine rings is 1. The van der Waals surface area contributed by atoms with Crippen LogP contribution in [0.15, 0.2) is 18.2 Å². The van der Waals surface area contributed by atoms with Gasteiger partial charge >= 0.3 is 6.18 Å². The molecule has 2 nitrogen and oxygen atoms in total. The van der Waals surface area contributed by atoms with E-state index in [0.29, 0.717) is 18.2 Å². The molecule has 1 aromatic rings. The molecule has 1 aliphatic rings. The summed E-state index contributed by atoms with van der Waals surface area (Å²) < 4.78 is 44.7. The molecule has 0 aromatic heterocycles. The molecule has 1 aromatic carbocycles. The van der Waals surface area contributed by atoms with Crippen LogP contribution < -0.4 is 4.90 Å². The molecule has 0 spiro atoms. The largest absolute Gasteiger partial charge is 0.416 e. The van der Waals surface area contributed by atoms with Gasteiger partial charge in [0, 0.05) is 31.8 Å². The first-order valence-electron chi connectivity index (χ1n) is 6.90. The molecule has 1 heterocycles. The predicted octanol–water partition coefficient (Wildman–Crippen LogP) is 4.31. The first-order chi connectivity index (χ1) is 9.86. The van der Waals surface area contributed by atoms with Gasteiger partial charge in [-0.1, -0.05) is 13.0 Å². The zero-order chi connectivity index (χ0) is 15.6. The molecule has 1 saturated heterocycles. The van der Waals surface area contributed by atoms with Gasteiger partial charge in [0.25, 0.3) is 0 Å². The van der Waals surface area contributed by atoms with Crippen molar-refractivity contribution in [1.82, 2.24) is 0 Å². The highest BCUT2D eigenvalue weighted by Gasteiger charge is 2.34. The van der Waals surface area contributed by atoms with E-state index in [4.69, 9.17) is 16.3 Å². The lowest BCUT2D eigenvalue weighted by Gasteiger charge is -2.38. The van der Waals surface area contributed by atoms with Crippen molar-refractivity contribution in [2.45, 2.75) is 31.5 Å². The van der Waals surface area contributed by atoms with Crippen LogP contribution in [-0.4, -0.2) is 26.3 Å². The minimum atomic E-state index is -4.38. The summed E-state index contributed by atoms with van der Waals surface area (Å²) in [5.74, 6) is 0.266. The maximum atomic E-state index is 13.1. The lowest BCUT2D eigenvalue weighted by molar-refractivity contribution is -0.138. The van der Waals surface area contributed by atoms with Crippen molar-refractivity contribution in [3.05, 3.63) is 29.3 Å². The van der Waals surface area contributed by atoms with E-state index in [9.17, 15) is 13.2 Å². The number of hydrogen-bond acceptors (Lipinski definition) is 2. The van der Waals surface area contributed by atoms with E-state index in [1.807, 2.05) is 4.90 Å². The van der Waals surface area contributed by atoms with Crippen molar-refractivity contribution < 1.29 is 17.9 Å². The van der Waals surface area contributed by atoms with E-state index in [1.54, 1.807) is 13.2 Å². The monoisotopic (exact) mass is 321 g/mol. The van der Waals surface area contributed by atoms with Crippen LogP contribution in [0.5, 0.6) is 0 Å². The summed E-state index contributed by atoms with van der Waals surface area (Å²) in [6.45, 7) is 3.44. The third-order valence-corrected chi connectivity index (χ3v) is 4.39. The van der Waals surface area contributed by atoms with Gasteiger partial charge in [0.2, 0.25) is 0 Å². The van der Waals surface area contributed by atoms with Crippen molar-refractivity contribution in [3.63, 3.8) is 0 Å². The van der Waals surface area contributed by atoms with Crippen molar-refractivity contribution in [1.29, 1.82) is 0 Å². The van der Waals surface area contributed by atoms with Crippen LogP contribution in [0.4, 0.5) is 18.9 Å². The second-order valence-electron chi connectivity index (χ2n) is 5.46. The summed E-state index contributed by atoms with van der Waals surface area (Å²) in [5.41, 5.74) is 0.0364. The number of halogens is 4. The van der Waals surface area contributed by atoms with Crippen LogP contribution in [0.2, 0.25) is 0 Å². The molecule has 118 valence electrons. The summed E-state index contributed by atoms with van der Waals surface area (Å²) >= 11 is 5.61. The zero-order valence-electron chi connectivity index (χ0n) is 12.1. The molecule has 1 fully saturated rings. The summed E-state index contributed by atoms with van der Waals surface area (Å²) in [7, 11) is 1.64. The van der Waals surface area contributed by atoms with Gasteiger partial charge in [-0.25, -0.2) is 0 Å². The quantitative estimate of drug-likeness (QED) is 0.769. The van der Waals surface area contributed by atoms with Gasteiger partial charge in [-0.05, 0) is 30.0 Å². The second-order valence-corrected chi connectivity index (χ2v) is 5.73. The fourth-order valence-corrected chi connectivity index (χ4v) is 2.95. The molecule has 2 atom stereocenters. The van der Waals surface area contributed by atoms with Gasteiger partial charge in [0.15, 0.2) is 0 Å². The second kappa shape index (κ2) is 6.44. The Morgan fingerprint density at radius 3 is 2.67 bits per heavy atom.